The van der Waals surface area contributed by atoms with E-state index < -0.39 is 0 Å². The molecule has 2 amide bonds. The maximum Gasteiger partial charge on any atom is 0.321 e. The maximum atomic E-state index is 11.7. The number of morpholine rings is 1. The minimum atomic E-state index is -0.187. The number of thiazole rings is 1. The summed E-state index contributed by atoms with van der Waals surface area (Å²) < 4.78 is 5.70. The molecule has 1 aromatic heterocycles. The lowest BCUT2D eigenvalue weighted by Gasteiger charge is -2.35. The van der Waals surface area contributed by atoms with Gasteiger partial charge in [-0.05, 0) is 27.2 Å². The number of aryl methyl sites for hydroxylation is 1. The summed E-state index contributed by atoms with van der Waals surface area (Å²) >= 11 is 1.44. The lowest BCUT2D eigenvalue weighted by Crippen LogP contribution is -2.46. The molecule has 2 rings (SSSR count). The van der Waals surface area contributed by atoms with Crippen LogP contribution in [0.4, 0.5) is 9.93 Å². The molecule has 2 N–H and O–H groups in total. The molecule has 0 aliphatic carbocycles. The number of carbonyl (C=O) groups excluding carboxylic acids is 1. The predicted molar refractivity (Wildman–Crippen MR) is 84.9 cm³/mol. The molecule has 0 spiro atoms. The molecular weight excluding hydrogens is 288 g/mol. The number of hydrogen-bond acceptors (Lipinski definition) is 5. The zero-order chi connectivity index (χ0) is 15.2. The zero-order valence-corrected chi connectivity index (χ0v) is 13.7. The molecule has 1 aromatic rings. The van der Waals surface area contributed by atoms with Gasteiger partial charge in [-0.3, -0.25) is 10.2 Å². The number of ether oxygens (including phenoxy) is 1. The summed E-state index contributed by atoms with van der Waals surface area (Å²) in [6.07, 6.45) is 1.51. The van der Waals surface area contributed by atoms with Gasteiger partial charge in [0.05, 0.1) is 17.9 Å². The Balaban J connectivity index is 1.60. The monoisotopic (exact) mass is 312 g/mol. The van der Waals surface area contributed by atoms with Crippen LogP contribution in [0.1, 0.15) is 26.0 Å². The molecule has 7 heteroatoms. The molecule has 0 bridgehead atoms. The van der Waals surface area contributed by atoms with E-state index in [1.165, 1.54) is 11.3 Å². The Morgan fingerprint density at radius 3 is 2.81 bits per heavy atom. The SMILES string of the molecule is Cc1csc(NC(=O)NCCCN2CC(C)OC(C)C2)n1. The van der Waals surface area contributed by atoms with E-state index in [4.69, 9.17) is 4.74 Å². The van der Waals surface area contributed by atoms with Crippen molar-refractivity contribution in [3.63, 3.8) is 0 Å². The van der Waals surface area contributed by atoms with Gasteiger partial charge in [-0.2, -0.15) is 0 Å². The number of aromatic nitrogens is 1. The number of carbonyl (C=O) groups is 1. The molecule has 118 valence electrons. The van der Waals surface area contributed by atoms with E-state index in [2.05, 4.69) is 34.4 Å². The Kier molecular flexibility index (Phi) is 5.96. The predicted octanol–water partition coefficient (Wildman–Crippen LogP) is 2.07. The first-order chi connectivity index (χ1) is 10.0. The highest BCUT2D eigenvalue weighted by molar-refractivity contribution is 7.13. The minimum Gasteiger partial charge on any atom is -0.373 e. The number of nitrogens with one attached hydrogen (secondary N) is 2. The van der Waals surface area contributed by atoms with Gasteiger partial charge in [-0.15, -0.1) is 11.3 Å². The van der Waals surface area contributed by atoms with E-state index in [0.717, 1.165) is 31.7 Å². The smallest absolute Gasteiger partial charge is 0.321 e. The lowest BCUT2D eigenvalue weighted by molar-refractivity contribution is -0.0679. The largest absolute Gasteiger partial charge is 0.373 e. The average molecular weight is 312 g/mol. The second kappa shape index (κ2) is 7.72. The van der Waals surface area contributed by atoms with E-state index in [9.17, 15) is 4.79 Å². The quantitative estimate of drug-likeness (QED) is 0.817. The first kappa shape index (κ1) is 16.2. The fourth-order valence-electron chi connectivity index (χ4n) is 2.52. The summed E-state index contributed by atoms with van der Waals surface area (Å²) in [6, 6.07) is -0.187. The van der Waals surface area contributed by atoms with Crippen molar-refractivity contribution in [3.05, 3.63) is 11.1 Å². The normalized spacial score (nSPS) is 23.0. The number of urea groups is 1. The van der Waals surface area contributed by atoms with Crippen molar-refractivity contribution in [1.82, 2.24) is 15.2 Å². The molecule has 1 saturated heterocycles. The Labute approximate surface area is 129 Å². The molecule has 2 atom stereocenters. The molecule has 6 nitrogen and oxygen atoms in total. The van der Waals surface area contributed by atoms with Crippen molar-refractivity contribution in [2.45, 2.75) is 39.4 Å². The number of nitrogens with zero attached hydrogens (tertiary/aromatic N) is 2. The van der Waals surface area contributed by atoms with Crippen molar-refractivity contribution in [3.8, 4) is 0 Å². The van der Waals surface area contributed by atoms with Gasteiger partial charge < -0.3 is 10.1 Å². The maximum absolute atomic E-state index is 11.7. The average Bonchev–Trinajstić information content (AvgIpc) is 2.79. The molecule has 1 aliphatic rings. The summed E-state index contributed by atoms with van der Waals surface area (Å²) in [7, 11) is 0. The Bertz CT molecular complexity index is 456. The van der Waals surface area contributed by atoms with Crippen LogP contribution in [0.5, 0.6) is 0 Å². The topological polar surface area (TPSA) is 66.5 Å². The first-order valence-electron chi connectivity index (χ1n) is 7.37. The summed E-state index contributed by atoms with van der Waals surface area (Å²) in [5, 5.41) is 8.15. The third-order valence-electron chi connectivity index (χ3n) is 3.27. The fourth-order valence-corrected chi connectivity index (χ4v) is 3.21. The molecule has 1 aliphatic heterocycles. The van der Waals surface area contributed by atoms with Gasteiger partial charge in [0, 0.05) is 31.6 Å². The summed E-state index contributed by atoms with van der Waals surface area (Å²) in [5.41, 5.74) is 0.922. The number of rotatable bonds is 5. The van der Waals surface area contributed by atoms with Crippen LogP contribution in [-0.2, 0) is 4.74 Å². The molecule has 0 radical (unpaired) electrons. The van der Waals surface area contributed by atoms with Gasteiger partial charge in [0.2, 0.25) is 0 Å². The van der Waals surface area contributed by atoms with Crippen molar-refractivity contribution in [1.29, 1.82) is 0 Å². The van der Waals surface area contributed by atoms with Gasteiger partial charge in [0.15, 0.2) is 5.13 Å². The first-order valence-corrected chi connectivity index (χ1v) is 8.25. The minimum absolute atomic E-state index is 0.187. The molecule has 0 saturated carbocycles. The van der Waals surface area contributed by atoms with E-state index in [0.29, 0.717) is 11.7 Å². The van der Waals surface area contributed by atoms with E-state index in [1.54, 1.807) is 0 Å². The molecule has 21 heavy (non-hydrogen) atoms. The van der Waals surface area contributed by atoms with Gasteiger partial charge in [-0.25, -0.2) is 9.78 Å². The highest BCUT2D eigenvalue weighted by Gasteiger charge is 2.21. The Morgan fingerprint density at radius 2 is 2.19 bits per heavy atom. The van der Waals surface area contributed by atoms with Crippen molar-refractivity contribution in [2.24, 2.45) is 0 Å². The summed E-state index contributed by atoms with van der Waals surface area (Å²) in [4.78, 5) is 18.3. The van der Waals surface area contributed by atoms with Crippen molar-refractivity contribution in [2.75, 3.05) is 31.5 Å². The highest BCUT2D eigenvalue weighted by atomic mass is 32.1. The summed E-state index contributed by atoms with van der Waals surface area (Å²) in [5.74, 6) is 0. The highest BCUT2D eigenvalue weighted by Crippen LogP contribution is 2.14. The zero-order valence-electron chi connectivity index (χ0n) is 12.9. The number of hydrogen-bond donors (Lipinski definition) is 2. The molecule has 2 unspecified atom stereocenters. The van der Waals surface area contributed by atoms with Crippen LogP contribution >= 0.6 is 11.3 Å². The summed E-state index contributed by atoms with van der Waals surface area (Å²) in [6.45, 7) is 9.69. The second-order valence-corrected chi connectivity index (χ2v) is 6.40. The lowest BCUT2D eigenvalue weighted by atomic mass is 10.2. The van der Waals surface area contributed by atoms with E-state index >= 15 is 0 Å². The number of anilines is 1. The van der Waals surface area contributed by atoms with E-state index in [1.807, 2.05) is 12.3 Å². The van der Waals surface area contributed by atoms with E-state index in [-0.39, 0.29) is 18.2 Å². The van der Waals surface area contributed by atoms with Crippen LogP contribution in [0.3, 0.4) is 0 Å². The van der Waals surface area contributed by atoms with Crippen LogP contribution in [-0.4, -0.2) is 54.3 Å². The Morgan fingerprint density at radius 1 is 1.48 bits per heavy atom. The fraction of sp³-hybridized carbons (Fsp3) is 0.714. The van der Waals surface area contributed by atoms with Crippen LogP contribution < -0.4 is 10.6 Å². The van der Waals surface area contributed by atoms with Crippen LogP contribution in [0.25, 0.3) is 0 Å². The molecule has 1 fully saturated rings. The third kappa shape index (κ3) is 5.61. The van der Waals surface area contributed by atoms with Crippen molar-refractivity contribution < 1.29 is 9.53 Å². The Hall–Kier alpha value is -1.18. The van der Waals surface area contributed by atoms with Crippen molar-refractivity contribution >= 4 is 22.5 Å². The molecular formula is C14H24N4O2S. The van der Waals surface area contributed by atoms with Gasteiger partial charge in [0.25, 0.3) is 0 Å². The third-order valence-corrected chi connectivity index (χ3v) is 4.15. The molecule has 0 aromatic carbocycles. The van der Waals surface area contributed by atoms with Crippen LogP contribution in [0, 0.1) is 6.92 Å². The standard InChI is InChI=1S/C14H24N4O2S/c1-10-9-21-14(16-10)17-13(19)15-5-4-6-18-7-11(2)20-12(3)8-18/h9,11-12H,4-8H2,1-3H3,(H2,15,16,17,19). The van der Waals surface area contributed by atoms with Crippen LogP contribution in [0.15, 0.2) is 5.38 Å². The number of amides is 2. The van der Waals surface area contributed by atoms with Gasteiger partial charge in [-0.1, -0.05) is 0 Å². The second-order valence-electron chi connectivity index (χ2n) is 5.55. The van der Waals surface area contributed by atoms with Gasteiger partial charge in [0.1, 0.15) is 0 Å². The van der Waals surface area contributed by atoms with Gasteiger partial charge >= 0.3 is 6.03 Å². The van der Waals surface area contributed by atoms with Crippen LogP contribution in [0.2, 0.25) is 0 Å². The molecule has 2 heterocycles.